The molecule has 166 valence electrons. The second-order valence-electron chi connectivity index (χ2n) is 5.37. The summed E-state index contributed by atoms with van der Waals surface area (Å²) in [5.41, 5.74) is -1.12. The van der Waals surface area contributed by atoms with E-state index in [1.807, 2.05) is 0 Å². The highest BCUT2D eigenvalue weighted by atomic mass is 19.4. The minimum Gasteiger partial charge on any atom is -0.478 e. The van der Waals surface area contributed by atoms with Gasteiger partial charge in [0.2, 0.25) is 0 Å². The second kappa shape index (κ2) is 7.24. The van der Waals surface area contributed by atoms with E-state index in [2.05, 4.69) is 0 Å². The van der Waals surface area contributed by atoms with Crippen LogP contribution >= 0.6 is 0 Å². The highest BCUT2D eigenvalue weighted by Gasteiger charge is 2.90. The van der Waals surface area contributed by atoms with E-state index in [-0.39, 0.29) is 6.08 Å². The number of hydrogen-bond donors (Lipinski definition) is 1. The van der Waals surface area contributed by atoms with Crippen molar-refractivity contribution in [3.05, 3.63) is 11.6 Å². The zero-order chi connectivity index (χ0) is 23.1. The summed E-state index contributed by atoms with van der Waals surface area (Å²) in [4.78, 5) is 10.3. The molecular weight excluding hydrogens is 442 g/mol. The first kappa shape index (κ1) is 26.2. The fourth-order valence-corrected chi connectivity index (χ4v) is 1.58. The fourth-order valence-electron chi connectivity index (χ4n) is 1.58. The van der Waals surface area contributed by atoms with E-state index in [1.165, 1.54) is 0 Å². The second-order valence-corrected chi connectivity index (χ2v) is 5.37. The van der Waals surface area contributed by atoms with Gasteiger partial charge >= 0.3 is 41.8 Å². The topological polar surface area (TPSA) is 37.3 Å². The van der Waals surface area contributed by atoms with Crippen LogP contribution in [0.3, 0.4) is 0 Å². The maximum atomic E-state index is 13.3. The van der Waals surface area contributed by atoms with Crippen molar-refractivity contribution in [2.24, 2.45) is 0 Å². The highest BCUT2D eigenvalue weighted by Crippen LogP contribution is 2.60. The van der Waals surface area contributed by atoms with E-state index >= 15 is 0 Å². The molecule has 0 aliphatic carbocycles. The van der Waals surface area contributed by atoms with Crippen LogP contribution in [0.25, 0.3) is 0 Å². The molecule has 0 aromatic heterocycles. The first-order chi connectivity index (χ1) is 12.0. The van der Waals surface area contributed by atoms with Gasteiger partial charge in [0.05, 0.1) is 6.42 Å². The summed E-state index contributed by atoms with van der Waals surface area (Å²) in [6.07, 6.45) is -14.5. The monoisotopic (exact) mass is 450 g/mol. The van der Waals surface area contributed by atoms with Gasteiger partial charge in [-0.3, -0.25) is 0 Å². The van der Waals surface area contributed by atoms with Gasteiger partial charge in [-0.1, -0.05) is 0 Å². The van der Waals surface area contributed by atoms with Crippen molar-refractivity contribution in [2.75, 3.05) is 0 Å². The zero-order valence-corrected chi connectivity index (χ0v) is 13.0. The molecule has 1 atom stereocenters. The Hall–Kier alpha value is -1.77. The summed E-state index contributed by atoms with van der Waals surface area (Å²) in [5.74, 6) is -40.1. The van der Waals surface area contributed by atoms with Crippen LogP contribution in [0.1, 0.15) is 13.3 Å². The first-order valence-corrected chi connectivity index (χ1v) is 6.49. The van der Waals surface area contributed by atoms with Gasteiger partial charge in [0.15, 0.2) is 0 Å². The third kappa shape index (κ3) is 4.14. The van der Waals surface area contributed by atoms with Gasteiger partial charge in [-0.2, -0.15) is 57.1 Å². The van der Waals surface area contributed by atoms with Gasteiger partial charge in [0.25, 0.3) is 0 Å². The summed E-state index contributed by atoms with van der Waals surface area (Å²) in [6.45, 7) is 0.526. The molecular formula is C12H8F14O2. The number of alkyl halides is 14. The van der Waals surface area contributed by atoms with Crippen molar-refractivity contribution in [3.63, 3.8) is 0 Å². The number of carboxylic acids is 1. The number of rotatable bonds is 8. The third-order valence-corrected chi connectivity index (χ3v) is 3.22. The zero-order valence-electron chi connectivity index (χ0n) is 13.0. The molecule has 0 radical (unpaired) electrons. The standard InChI is InChI=1S/C12H8F14O2/c1-4(6(27)28)2-5(13)3-7(14,15)8(16,17)9(18,19)10(20,21)11(22,23)12(24,25)26/h2,5H,3H2,1H3,(H,27,28). The lowest BCUT2D eigenvalue weighted by Crippen LogP contribution is -2.70. The molecule has 0 aromatic rings. The average Bonchev–Trinajstić information content (AvgIpc) is 2.44. The summed E-state index contributed by atoms with van der Waals surface area (Å²) in [5, 5.41) is 8.31. The normalized spacial score (nSPS) is 16.9. The van der Waals surface area contributed by atoms with Crippen LogP contribution in [-0.4, -0.2) is 53.0 Å². The molecule has 2 nitrogen and oxygen atoms in total. The van der Waals surface area contributed by atoms with Crippen LogP contribution < -0.4 is 0 Å². The Bertz CT molecular complexity index is 618. The summed E-state index contributed by atoms with van der Waals surface area (Å²) < 4.78 is 179. The predicted octanol–water partition coefficient (Wildman–Crippen LogP) is 5.48. The van der Waals surface area contributed by atoms with E-state index in [0.717, 1.165) is 0 Å². The number of carbonyl (C=O) groups is 1. The molecule has 28 heavy (non-hydrogen) atoms. The first-order valence-electron chi connectivity index (χ1n) is 6.49. The molecule has 0 aliphatic rings. The number of halogens is 14. The number of aliphatic carboxylic acids is 1. The lowest BCUT2D eigenvalue weighted by Gasteiger charge is -2.39. The Balaban J connectivity index is 6.12. The number of allylic oxidation sites excluding steroid dienone is 1. The lowest BCUT2D eigenvalue weighted by molar-refractivity contribution is -0.440. The van der Waals surface area contributed by atoms with Crippen molar-refractivity contribution >= 4 is 5.97 Å². The minimum absolute atomic E-state index is 0.326. The van der Waals surface area contributed by atoms with Crippen LogP contribution in [0, 0.1) is 0 Å². The average molecular weight is 450 g/mol. The molecule has 0 fully saturated rings. The molecule has 0 rings (SSSR count). The van der Waals surface area contributed by atoms with Crippen molar-refractivity contribution < 1.29 is 71.4 Å². The summed E-state index contributed by atoms with van der Waals surface area (Å²) in [7, 11) is 0. The predicted molar refractivity (Wildman–Crippen MR) is 61.7 cm³/mol. The maximum Gasteiger partial charge on any atom is 0.460 e. The van der Waals surface area contributed by atoms with Crippen molar-refractivity contribution in [1.82, 2.24) is 0 Å². The van der Waals surface area contributed by atoms with Gasteiger partial charge in [-0.05, 0) is 13.0 Å². The molecule has 0 amide bonds. The van der Waals surface area contributed by atoms with Crippen LogP contribution in [0.15, 0.2) is 11.6 Å². The van der Waals surface area contributed by atoms with Crippen LogP contribution in [0.2, 0.25) is 0 Å². The third-order valence-electron chi connectivity index (χ3n) is 3.22. The molecule has 1 N–H and O–H groups in total. The van der Waals surface area contributed by atoms with Crippen LogP contribution in [0.5, 0.6) is 0 Å². The molecule has 0 spiro atoms. The van der Waals surface area contributed by atoms with Crippen molar-refractivity contribution in [2.45, 2.75) is 55.3 Å². The van der Waals surface area contributed by atoms with E-state index in [1.54, 1.807) is 0 Å². The lowest BCUT2D eigenvalue weighted by atomic mass is 9.91. The molecule has 1 unspecified atom stereocenters. The van der Waals surface area contributed by atoms with E-state index in [0.29, 0.717) is 6.92 Å². The van der Waals surface area contributed by atoms with Gasteiger partial charge in [-0.25, -0.2) is 9.18 Å². The van der Waals surface area contributed by atoms with E-state index in [9.17, 15) is 66.3 Å². The van der Waals surface area contributed by atoms with Gasteiger partial charge in [0, 0.05) is 5.57 Å². The van der Waals surface area contributed by atoms with E-state index < -0.39 is 59.9 Å². The molecule has 0 aromatic carbocycles. The molecule has 0 saturated heterocycles. The van der Waals surface area contributed by atoms with Gasteiger partial charge < -0.3 is 5.11 Å². The molecule has 0 bridgehead atoms. The Morgan fingerprint density at radius 1 is 0.786 bits per heavy atom. The summed E-state index contributed by atoms with van der Waals surface area (Å²) >= 11 is 0. The largest absolute Gasteiger partial charge is 0.478 e. The highest BCUT2D eigenvalue weighted by molar-refractivity contribution is 5.85. The SMILES string of the molecule is CC(=CC(F)CC(F)(F)C(F)(F)C(F)(F)C(F)(F)C(F)(F)C(F)(F)F)C(=O)O. The van der Waals surface area contributed by atoms with Crippen molar-refractivity contribution in [1.29, 1.82) is 0 Å². The van der Waals surface area contributed by atoms with Crippen LogP contribution in [0.4, 0.5) is 61.5 Å². The Morgan fingerprint density at radius 3 is 1.46 bits per heavy atom. The smallest absolute Gasteiger partial charge is 0.460 e. The summed E-state index contributed by atoms with van der Waals surface area (Å²) in [6, 6.07) is 0. The Morgan fingerprint density at radius 2 is 1.14 bits per heavy atom. The molecule has 0 aliphatic heterocycles. The van der Waals surface area contributed by atoms with Gasteiger partial charge in [-0.15, -0.1) is 0 Å². The molecule has 0 heterocycles. The molecule has 16 heteroatoms. The number of hydrogen-bond acceptors (Lipinski definition) is 1. The fraction of sp³-hybridized carbons (Fsp3) is 0.750. The molecule has 0 saturated carbocycles. The number of carboxylic acid groups (broad SMARTS) is 1. The van der Waals surface area contributed by atoms with Crippen molar-refractivity contribution in [3.8, 4) is 0 Å². The van der Waals surface area contributed by atoms with E-state index in [4.69, 9.17) is 5.11 Å². The van der Waals surface area contributed by atoms with Gasteiger partial charge in [0.1, 0.15) is 6.17 Å². The quantitative estimate of drug-likeness (QED) is 0.393. The maximum absolute atomic E-state index is 13.3. The minimum atomic E-state index is -8.07. The Labute approximate surface area is 145 Å². The Kier molecular flexibility index (Phi) is 6.78. The van der Waals surface area contributed by atoms with Crippen LogP contribution in [-0.2, 0) is 4.79 Å².